The lowest BCUT2D eigenvalue weighted by Crippen LogP contribution is -2.25. The largest absolute Gasteiger partial charge is 0.465 e. The van der Waals surface area contributed by atoms with Gasteiger partial charge >= 0.3 is 5.97 Å². The van der Waals surface area contributed by atoms with Crippen molar-refractivity contribution in [3.8, 4) is 0 Å². The zero-order valence-electron chi connectivity index (χ0n) is 8.02. The van der Waals surface area contributed by atoms with Crippen LogP contribution in [0.2, 0.25) is 0 Å². The van der Waals surface area contributed by atoms with Gasteiger partial charge in [0, 0.05) is 0 Å². The molecule has 2 unspecified atom stereocenters. The first kappa shape index (κ1) is 12.7. The highest BCUT2D eigenvalue weighted by Gasteiger charge is 2.38. The lowest BCUT2D eigenvalue weighted by Gasteiger charge is -2.13. The normalized spacial score (nSPS) is 26.6. The van der Waals surface area contributed by atoms with Crippen molar-refractivity contribution in [2.24, 2.45) is 0 Å². The molecule has 14 heavy (non-hydrogen) atoms. The van der Waals surface area contributed by atoms with Crippen LogP contribution in [0.4, 0.5) is 0 Å². The molecule has 1 fully saturated rings. The molecule has 0 aliphatic carbocycles. The number of carbonyl (C=O) groups is 1. The fourth-order valence-electron chi connectivity index (χ4n) is 1.01. The molecule has 0 aromatic rings. The van der Waals surface area contributed by atoms with Crippen LogP contribution in [0.15, 0.2) is 0 Å². The first-order valence-corrected chi connectivity index (χ1v) is 7.56. The summed E-state index contributed by atoms with van der Waals surface area (Å²) in [4.78, 5) is 11.5. The van der Waals surface area contributed by atoms with Crippen LogP contribution in [-0.2, 0) is 9.53 Å². The van der Waals surface area contributed by atoms with E-state index in [9.17, 15) is 4.79 Å². The van der Waals surface area contributed by atoms with E-state index in [-0.39, 0.29) is 15.8 Å². The summed E-state index contributed by atoms with van der Waals surface area (Å²) in [6, 6.07) is 0. The van der Waals surface area contributed by atoms with Crippen molar-refractivity contribution in [3.63, 3.8) is 0 Å². The number of hydrogen-bond donors (Lipinski definition) is 0. The lowest BCUT2D eigenvalue weighted by atomic mass is 10.5. The molecule has 0 amide bonds. The van der Waals surface area contributed by atoms with Crippen molar-refractivity contribution in [3.05, 3.63) is 0 Å². The lowest BCUT2D eigenvalue weighted by molar-refractivity contribution is -0.142. The van der Waals surface area contributed by atoms with Crippen LogP contribution >= 0.6 is 47.5 Å². The molecule has 2 atom stereocenters. The summed E-state index contributed by atoms with van der Waals surface area (Å²) in [5.74, 6) is 0.868. The molecule has 0 aromatic heterocycles. The van der Waals surface area contributed by atoms with Gasteiger partial charge in [-0.2, -0.15) is 0 Å². The van der Waals surface area contributed by atoms with Gasteiger partial charge in [0.15, 0.2) is 0 Å². The van der Waals surface area contributed by atoms with Gasteiger partial charge in [-0.25, -0.2) is 0 Å². The fraction of sp³-hybridized carbons (Fsp3) is 0.750. The molecule has 80 valence electrons. The van der Waals surface area contributed by atoms with Crippen LogP contribution in [0, 0.1) is 0 Å². The molecule has 1 aliphatic heterocycles. The summed E-state index contributed by atoms with van der Waals surface area (Å²) >= 11 is 9.92. The van der Waals surface area contributed by atoms with Crippen molar-refractivity contribution in [2.75, 3.05) is 12.4 Å². The Morgan fingerprint density at radius 1 is 1.57 bits per heavy atom. The van der Waals surface area contributed by atoms with Gasteiger partial charge in [-0.1, -0.05) is 42.7 Å². The maximum Gasteiger partial charge on any atom is 0.321 e. The Hall–Kier alpha value is 0.610. The molecule has 2 nitrogen and oxygen atoms in total. The molecule has 0 spiro atoms. The second-order valence-corrected chi connectivity index (χ2v) is 7.69. The number of thioether (sulfide) groups is 3. The maximum absolute atomic E-state index is 11.5. The Morgan fingerprint density at radius 3 is 2.86 bits per heavy atom. The van der Waals surface area contributed by atoms with Crippen LogP contribution in [-0.4, -0.2) is 31.7 Å². The van der Waals surface area contributed by atoms with Crippen LogP contribution in [0.5, 0.6) is 0 Å². The van der Waals surface area contributed by atoms with E-state index in [0.29, 0.717) is 6.61 Å². The van der Waals surface area contributed by atoms with Gasteiger partial charge in [-0.15, -0.1) is 11.8 Å². The van der Waals surface area contributed by atoms with Crippen molar-refractivity contribution < 1.29 is 9.53 Å². The first-order chi connectivity index (χ1) is 6.69. The topological polar surface area (TPSA) is 26.3 Å². The van der Waals surface area contributed by atoms with Gasteiger partial charge in [0.1, 0.15) is 8.78 Å². The van der Waals surface area contributed by atoms with E-state index >= 15 is 0 Å². The SMILES string of the molecule is CCOC(=O)C1SC(=S)SC1SCC. The molecule has 0 aromatic carbocycles. The van der Waals surface area contributed by atoms with Gasteiger partial charge in [0.2, 0.25) is 0 Å². The monoisotopic (exact) mass is 268 g/mol. The number of ether oxygens (including phenoxy) is 1. The minimum Gasteiger partial charge on any atom is -0.465 e. The van der Waals surface area contributed by atoms with Gasteiger partial charge in [0.25, 0.3) is 0 Å². The van der Waals surface area contributed by atoms with E-state index in [1.54, 1.807) is 23.5 Å². The Morgan fingerprint density at radius 2 is 2.29 bits per heavy atom. The molecular formula is C8H12O2S4. The summed E-state index contributed by atoms with van der Waals surface area (Å²) in [6.07, 6.45) is 0. The van der Waals surface area contributed by atoms with E-state index < -0.39 is 0 Å². The Labute approximate surface area is 102 Å². The van der Waals surface area contributed by atoms with E-state index in [0.717, 1.165) is 9.28 Å². The molecule has 1 saturated heterocycles. The van der Waals surface area contributed by atoms with Gasteiger partial charge in [0.05, 0.1) is 11.2 Å². The summed E-state index contributed by atoms with van der Waals surface area (Å²) in [5, 5.41) is -0.114. The van der Waals surface area contributed by atoms with Crippen molar-refractivity contribution >= 4 is 57.0 Å². The molecule has 1 heterocycles. The van der Waals surface area contributed by atoms with Gasteiger partial charge < -0.3 is 4.74 Å². The molecule has 0 N–H and O–H groups in total. The zero-order valence-corrected chi connectivity index (χ0v) is 11.3. The second kappa shape index (κ2) is 6.25. The summed E-state index contributed by atoms with van der Waals surface area (Å²) in [7, 11) is 0. The zero-order chi connectivity index (χ0) is 10.6. The number of carbonyl (C=O) groups excluding carboxylic acids is 1. The average Bonchev–Trinajstić information content (AvgIpc) is 2.48. The second-order valence-electron chi connectivity index (χ2n) is 2.48. The van der Waals surface area contributed by atoms with E-state index in [2.05, 4.69) is 6.92 Å². The summed E-state index contributed by atoms with van der Waals surface area (Å²) < 4.78 is 6.09. The van der Waals surface area contributed by atoms with Crippen molar-refractivity contribution in [1.82, 2.24) is 0 Å². The van der Waals surface area contributed by atoms with Crippen LogP contribution in [0.1, 0.15) is 13.8 Å². The highest BCUT2D eigenvalue weighted by Crippen LogP contribution is 2.45. The Balaban J connectivity index is 2.56. The molecule has 1 aliphatic rings. The highest BCUT2D eigenvalue weighted by atomic mass is 32.3. The molecule has 0 saturated carbocycles. The van der Waals surface area contributed by atoms with E-state index in [4.69, 9.17) is 17.0 Å². The predicted octanol–water partition coefficient (Wildman–Crippen LogP) is 2.76. The van der Waals surface area contributed by atoms with Crippen molar-refractivity contribution in [2.45, 2.75) is 23.7 Å². The van der Waals surface area contributed by atoms with E-state index in [1.807, 2.05) is 6.92 Å². The standard InChI is InChI=1S/C8H12O2S4/c1-3-10-6(9)5-7(12-4-2)14-8(11)13-5/h5,7H,3-4H2,1-2H3. The quantitative estimate of drug-likeness (QED) is 0.575. The third-order valence-corrected chi connectivity index (χ3v) is 6.27. The first-order valence-electron chi connectivity index (χ1n) is 4.34. The fourth-order valence-corrected chi connectivity index (χ4v) is 6.07. The third kappa shape index (κ3) is 3.32. The molecule has 1 rings (SSSR count). The third-order valence-electron chi connectivity index (χ3n) is 1.53. The number of hydrogen-bond acceptors (Lipinski definition) is 6. The van der Waals surface area contributed by atoms with Gasteiger partial charge in [-0.05, 0) is 12.7 Å². The number of rotatable bonds is 4. The molecule has 0 bridgehead atoms. The minimum atomic E-state index is -0.129. The predicted molar refractivity (Wildman–Crippen MR) is 70.1 cm³/mol. The minimum absolute atomic E-state index is 0.114. The highest BCUT2D eigenvalue weighted by molar-refractivity contribution is 8.52. The van der Waals surface area contributed by atoms with Crippen LogP contribution in [0.25, 0.3) is 0 Å². The smallest absolute Gasteiger partial charge is 0.321 e. The maximum atomic E-state index is 11.5. The Kier molecular flexibility index (Phi) is 5.66. The summed E-state index contributed by atoms with van der Waals surface area (Å²) in [6.45, 7) is 4.35. The molecular weight excluding hydrogens is 256 g/mol. The van der Waals surface area contributed by atoms with Crippen molar-refractivity contribution in [1.29, 1.82) is 0 Å². The van der Waals surface area contributed by atoms with Gasteiger partial charge in [-0.3, -0.25) is 4.79 Å². The average molecular weight is 268 g/mol. The van der Waals surface area contributed by atoms with E-state index in [1.165, 1.54) is 11.8 Å². The molecule has 0 radical (unpaired) electrons. The number of thiocarbonyl (C=S) groups is 1. The number of esters is 1. The summed E-state index contributed by atoms with van der Waals surface area (Å²) in [5.41, 5.74) is 0. The Bertz CT molecular complexity index is 231. The van der Waals surface area contributed by atoms with Crippen LogP contribution < -0.4 is 0 Å². The van der Waals surface area contributed by atoms with Crippen LogP contribution in [0.3, 0.4) is 0 Å². The molecule has 6 heteroatoms.